The number of hydrogen-bond donors (Lipinski definition) is 1. The summed E-state index contributed by atoms with van der Waals surface area (Å²) in [6.45, 7) is 4.03. The minimum Gasteiger partial charge on any atom is -0.496 e. The standard InChI is InChI=1S/C28H33NO7/c1-17(12-14-23(30)29-22(27(31)35-5)15-19-9-7-6-8-10-19)11-13-20-25(33-3)18(2)21-16-36-28(32)24(21)26(20)34-4/h6-11,22H,12-16H2,1-5H3,(H,29,30). The number of ether oxygens (including phenoxy) is 4. The topological polar surface area (TPSA) is 100 Å². The summed E-state index contributed by atoms with van der Waals surface area (Å²) in [5, 5.41) is 2.79. The van der Waals surface area contributed by atoms with Crippen molar-refractivity contribution in [2.75, 3.05) is 21.3 Å². The summed E-state index contributed by atoms with van der Waals surface area (Å²) in [6, 6.07) is 8.71. The zero-order valence-corrected chi connectivity index (χ0v) is 21.4. The van der Waals surface area contributed by atoms with E-state index in [-0.39, 0.29) is 18.9 Å². The molecule has 1 amide bonds. The molecule has 0 spiro atoms. The Morgan fingerprint density at radius 1 is 1.08 bits per heavy atom. The fourth-order valence-corrected chi connectivity index (χ4v) is 4.38. The molecule has 0 saturated heterocycles. The van der Waals surface area contributed by atoms with E-state index >= 15 is 0 Å². The van der Waals surface area contributed by atoms with E-state index in [0.717, 1.165) is 27.8 Å². The number of hydrogen-bond acceptors (Lipinski definition) is 7. The lowest BCUT2D eigenvalue weighted by Crippen LogP contribution is -2.43. The van der Waals surface area contributed by atoms with E-state index in [4.69, 9.17) is 18.9 Å². The number of methoxy groups -OCH3 is 3. The van der Waals surface area contributed by atoms with Crippen LogP contribution in [0, 0.1) is 6.92 Å². The Bertz CT molecular complexity index is 1150. The van der Waals surface area contributed by atoms with Gasteiger partial charge in [0, 0.05) is 24.0 Å². The number of cyclic esters (lactones) is 1. The number of allylic oxidation sites excluding steroid dienone is 2. The van der Waals surface area contributed by atoms with E-state index in [2.05, 4.69) is 5.32 Å². The molecule has 1 aliphatic rings. The molecule has 1 N–H and O–H groups in total. The molecule has 0 aliphatic carbocycles. The number of carbonyl (C=O) groups excluding carboxylic acids is 3. The molecule has 2 aromatic carbocycles. The zero-order valence-electron chi connectivity index (χ0n) is 21.4. The smallest absolute Gasteiger partial charge is 0.342 e. The second-order valence-corrected chi connectivity index (χ2v) is 8.69. The van der Waals surface area contributed by atoms with Gasteiger partial charge in [0.05, 0.1) is 21.3 Å². The van der Waals surface area contributed by atoms with Crippen LogP contribution in [0.2, 0.25) is 0 Å². The first kappa shape index (κ1) is 26.8. The van der Waals surface area contributed by atoms with Crippen molar-refractivity contribution in [2.24, 2.45) is 0 Å². The largest absolute Gasteiger partial charge is 0.496 e. The zero-order chi connectivity index (χ0) is 26.2. The van der Waals surface area contributed by atoms with Gasteiger partial charge in [-0.2, -0.15) is 0 Å². The third-order valence-electron chi connectivity index (χ3n) is 6.33. The predicted octanol–water partition coefficient (Wildman–Crippen LogP) is 3.85. The summed E-state index contributed by atoms with van der Waals surface area (Å²) < 4.78 is 21.3. The Labute approximate surface area is 211 Å². The number of esters is 2. The van der Waals surface area contributed by atoms with Crippen molar-refractivity contribution >= 4 is 17.8 Å². The highest BCUT2D eigenvalue weighted by Crippen LogP contribution is 2.42. The molecule has 1 atom stereocenters. The molecule has 0 fully saturated rings. The van der Waals surface area contributed by atoms with Gasteiger partial charge in [0.1, 0.15) is 29.7 Å². The lowest BCUT2D eigenvalue weighted by atomic mass is 9.94. The van der Waals surface area contributed by atoms with Crippen LogP contribution < -0.4 is 14.8 Å². The quantitative estimate of drug-likeness (QED) is 0.373. The maximum absolute atomic E-state index is 12.6. The number of carbonyl (C=O) groups is 3. The van der Waals surface area contributed by atoms with Crippen molar-refractivity contribution in [3.8, 4) is 11.5 Å². The molecule has 3 rings (SSSR count). The number of rotatable bonds is 11. The summed E-state index contributed by atoms with van der Waals surface area (Å²) in [7, 11) is 4.42. The second kappa shape index (κ2) is 12.2. The van der Waals surface area contributed by atoms with Gasteiger partial charge in [-0.1, -0.05) is 42.0 Å². The van der Waals surface area contributed by atoms with Gasteiger partial charge in [0.25, 0.3) is 0 Å². The molecule has 192 valence electrons. The first-order valence-electron chi connectivity index (χ1n) is 11.8. The monoisotopic (exact) mass is 495 g/mol. The van der Waals surface area contributed by atoms with Gasteiger partial charge in [-0.25, -0.2) is 9.59 Å². The maximum Gasteiger partial charge on any atom is 0.342 e. The predicted molar refractivity (Wildman–Crippen MR) is 134 cm³/mol. The molecule has 36 heavy (non-hydrogen) atoms. The Morgan fingerprint density at radius 3 is 2.42 bits per heavy atom. The van der Waals surface area contributed by atoms with Gasteiger partial charge in [0.2, 0.25) is 5.91 Å². The summed E-state index contributed by atoms with van der Waals surface area (Å²) in [6.07, 6.45) is 3.52. The SMILES string of the molecule is COC(=O)C(Cc1ccccc1)NC(=O)CCC(C)=CCc1c(OC)c(C)c2c(c1OC)C(=O)OC2. The molecular formula is C28H33NO7. The Balaban J connectivity index is 1.67. The highest BCUT2D eigenvalue weighted by molar-refractivity contribution is 5.98. The van der Waals surface area contributed by atoms with Crippen molar-refractivity contribution in [3.05, 3.63) is 69.8 Å². The molecule has 1 unspecified atom stereocenters. The van der Waals surface area contributed by atoms with Crippen LogP contribution in [0.5, 0.6) is 11.5 Å². The van der Waals surface area contributed by atoms with Crippen LogP contribution in [0.4, 0.5) is 0 Å². The van der Waals surface area contributed by atoms with Gasteiger partial charge in [-0.15, -0.1) is 0 Å². The van der Waals surface area contributed by atoms with E-state index in [1.54, 1.807) is 7.11 Å². The van der Waals surface area contributed by atoms with Crippen LogP contribution in [0.1, 0.15) is 52.4 Å². The van der Waals surface area contributed by atoms with Crippen molar-refractivity contribution in [2.45, 2.75) is 52.2 Å². The molecule has 1 aliphatic heterocycles. The average Bonchev–Trinajstić information content (AvgIpc) is 3.27. The van der Waals surface area contributed by atoms with E-state index in [1.165, 1.54) is 14.2 Å². The summed E-state index contributed by atoms with van der Waals surface area (Å²) in [4.78, 5) is 37.1. The van der Waals surface area contributed by atoms with E-state index in [1.807, 2.05) is 50.3 Å². The van der Waals surface area contributed by atoms with Crippen molar-refractivity contribution in [3.63, 3.8) is 0 Å². The van der Waals surface area contributed by atoms with Gasteiger partial charge in [-0.05, 0) is 37.8 Å². The number of benzene rings is 2. The van der Waals surface area contributed by atoms with Crippen molar-refractivity contribution in [1.82, 2.24) is 5.32 Å². The summed E-state index contributed by atoms with van der Waals surface area (Å²) in [5.74, 6) is -0.00230. The van der Waals surface area contributed by atoms with Crippen molar-refractivity contribution < 1.29 is 33.3 Å². The molecule has 0 radical (unpaired) electrons. The third kappa shape index (κ3) is 6.05. The van der Waals surface area contributed by atoms with Gasteiger partial charge >= 0.3 is 11.9 Å². The summed E-state index contributed by atoms with van der Waals surface area (Å²) >= 11 is 0. The average molecular weight is 496 g/mol. The number of amides is 1. The van der Waals surface area contributed by atoms with Gasteiger partial charge in [0.15, 0.2) is 0 Å². The number of fused-ring (bicyclic) bond motifs is 1. The molecule has 8 nitrogen and oxygen atoms in total. The van der Waals surface area contributed by atoms with Crippen LogP contribution >= 0.6 is 0 Å². The molecule has 0 aromatic heterocycles. The summed E-state index contributed by atoms with van der Waals surface area (Å²) in [5.41, 5.74) is 4.75. The van der Waals surface area contributed by atoms with E-state index < -0.39 is 18.0 Å². The maximum atomic E-state index is 12.6. The molecule has 0 saturated carbocycles. The fourth-order valence-electron chi connectivity index (χ4n) is 4.38. The molecule has 0 bridgehead atoms. The fraction of sp³-hybridized carbons (Fsp3) is 0.393. The van der Waals surface area contributed by atoms with Crippen LogP contribution in [-0.4, -0.2) is 45.2 Å². The Morgan fingerprint density at radius 2 is 1.78 bits per heavy atom. The van der Waals surface area contributed by atoms with Crippen molar-refractivity contribution in [1.29, 1.82) is 0 Å². The first-order valence-corrected chi connectivity index (χ1v) is 11.8. The number of nitrogens with one attached hydrogen (secondary N) is 1. The van der Waals surface area contributed by atoms with Crippen LogP contribution in [0.15, 0.2) is 42.0 Å². The lowest BCUT2D eigenvalue weighted by molar-refractivity contribution is -0.145. The minimum absolute atomic E-state index is 0.202. The van der Waals surface area contributed by atoms with Gasteiger partial charge in [-0.3, -0.25) is 4.79 Å². The third-order valence-corrected chi connectivity index (χ3v) is 6.33. The lowest BCUT2D eigenvalue weighted by Gasteiger charge is -2.18. The molecular weight excluding hydrogens is 462 g/mol. The highest BCUT2D eigenvalue weighted by atomic mass is 16.5. The molecule has 2 aromatic rings. The van der Waals surface area contributed by atoms with Gasteiger partial charge < -0.3 is 24.3 Å². The molecule has 1 heterocycles. The Hall–Kier alpha value is -3.81. The van der Waals surface area contributed by atoms with Crippen LogP contribution in [0.3, 0.4) is 0 Å². The van der Waals surface area contributed by atoms with E-state index in [9.17, 15) is 14.4 Å². The minimum atomic E-state index is -0.753. The highest BCUT2D eigenvalue weighted by Gasteiger charge is 2.32. The molecule has 8 heteroatoms. The normalized spacial score (nSPS) is 13.5. The Kier molecular flexibility index (Phi) is 9.11. The second-order valence-electron chi connectivity index (χ2n) is 8.69. The van der Waals surface area contributed by atoms with Crippen LogP contribution in [-0.2, 0) is 38.5 Å². The van der Waals surface area contributed by atoms with Crippen LogP contribution in [0.25, 0.3) is 0 Å². The van der Waals surface area contributed by atoms with E-state index in [0.29, 0.717) is 36.3 Å². The first-order chi connectivity index (χ1) is 17.3.